The van der Waals surface area contributed by atoms with Crippen LogP contribution in [0, 0.1) is 5.92 Å². The standard InChI is InChI=1S/C5H9P/c1-5-2-3-6-4-5/h2-3,5-6H,4H2,1H3. The van der Waals surface area contributed by atoms with Crippen molar-refractivity contribution in [2.45, 2.75) is 6.92 Å². The van der Waals surface area contributed by atoms with Crippen LogP contribution >= 0.6 is 8.58 Å². The molecule has 0 amide bonds. The van der Waals surface area contributed by atoms with E-state index in [1.807, 2.05) is 0 Å². The zero-order chi connectivity index (χ0) is 4.41. The zero-order valence-electron chi connectivity index (χ0n) is 3.94. The van der Waals surface area contributed by atoms with E-state index in [9.17, 15) is 0 Å². The van der Waals surface area contributed by atoms with E-state index in [1.54, 1.807) is 0 Å². The summed E-state index contributed by atoms with van der Waals surface area (Å²) in [6.45, 7) is 2.26. The molecule has 0 spiro atoms. The molecule has 0 nitrogen and oxygen atoms in total. The lowest BCUT2D eigenvalue weighted by Gasteiger charge is -1.89. The molecule has 34 valence electrons. The monoisotopic (exact) mass is 100 g/mol. The van der Waals surface area contributed by atoms with Crippen LogP contribution in [-0.2, 0) is 0 Å². The molecule has 0 fully saturated rings. The molecule has 1 rings (SSSR count). The summed E-state index contributed by atoms with van der Waals surface area (Å²) in [5.41, 5.74) is 0. The van der Waals surface area contributed by atoms with Gasteiger partial charge in [0.25, 0.3) is 0 Å². The highest BCUT2D eigenvalue weighted by Gasteiger charge is 1.98. The SMILES string of the molecule is CC1C=CPC1. The van der Waals surface area contributed by atoms with Crippen LogP contribution in [0.4, 0.5) is 0 Å². The minimum absolute atomic E-state index is 0.878. The first-order valence-electron chi connectivity index (χ1n) is 2.29. The van der Waals surface area contributed by atoms with Gasteiger partial charge in [0.2, 0.25) is 0 Å². The number of allylic oxidation sites excluding steroid dienone is 1. The summed E-state index contributed by atoms with van der Waals surface area (Å²) in [5, 5.41) is 0. The zero-order valence-corrected chi connectivity index (χ0v) is 4.94. The summed E-state index contributed by atoms with van der Waals surface area (Å²) in [6.07, 6.45) is 3.69. The van der Waals surface area contributed by atoms with Gasteiger partial charge in [0.05, 0.1) is 0 Å². The molecule has 0 radical (unpaired) electrons. The molecule has 2 atom stereocenters. The molecule has 0 aliphatic carbocycles. The fourth-order valence-electron chi connectivity index (χ4n) is 0.554. The predicted octanol–water partition coefficient (Wildman–Crippen LogP) is 1.83. The van der Waals surface area contributed by atoms with Gasteiger partial charge in [-0.15, -0.1) is 0 Å². The van der Waals surface area contributed by atoms with Crippen LogP contribution in [0.3, 0.4) is 0 Å². The Kier molecular flexibility index (Phi) is 1.26. The second-order valence-corrected chi connectivity index (χ2v) is 2.89. The van der Waals surface area contributed by atoms with Gasteiger partial charge < -0.3 is 0 Å². The molecule has 2 unspecified atom stereocenters. The molecule has 1 heteroatoms. The van der Waals surface area contributed by atoms with Crippen LogP contribution in [0.2, 0.25) is 0 Å². The Morgan fingerprint density at radius 1 is 1.83 bits per heavy atom. The van der Waals surface area contributed by atoms with Gasteiger partial charge in [-0.25, -0.2) is 0 Å². The Morgan fingerprint density at radius 3 is 2.83 bits per heavy atom. The van der Waals surface area contributed by atoms with Crippen molar-refractivity contribution in [3.63, 3.8) is 0 Å². The molecular weight excluding hydrogens is 91.0 g/mol. The van der Waals surface area contributed by atoms with Crippen LogP contribution in [0.5, 0.6) is 0 Å². The van der Waals surface area contributed by atoms with Crippen LogP contribution in [0.1, 0.15) is 6.92 Å². The number of rotatable bonds is 0. The highest BCUT2D eigenvalue weighted by atomic mass is 31.1. The fraction of sp³-hybridized carbons (Fsp3) is 0.600. The third kappa shape index (κ3) is 0.815. The van der Waals surface area contributed by atoms with Gasteiger partial charge in [-0.2, -0.15) is 0 Å². The summed E-state index contributed by atoms with van der Waals surface area (Å²) >= 11 is 0. The third-order valence-corrected chi connectivity index (χ3v) is 2.29. The van der Waals surface area contributed by atoms with Gasteiger partial charge in [-0.3, -0.25) is 0 Å². The van der Waals surface area contributed by atoms with Gasteiger partial charge in [0, 0.05) is 0 Å². The van der Waals surface area contributed by atoms with Crippen LogP contribution in [-0.4, -0.2) is 6.16 Å². The Bertz CT molecular complexity index is 66.3. The van der Waals surface area contributed by atoms with Gasteiger partial charge >= 0.3 is 0 Å². The van der Waals surface area contributed by atoms with Crippen molar-refractivity contribution < 1.29 is 0 Å². The maximum Gasteiger partial charge on any atom is -0.0219 e. The molecule has 0 bridgehead atoms. The van der Waals surface area contributed by atoms with Gasteiger partial charge in [-0.05, 0) is 12.1 Å². The first kappa shape index (κ1) is 4.33. The summed E-state index contributed by atoms with van der Waals surface area (Å²) in [5.74, 6) is 3.16. The van der Waals surface area contributed by atoms with E-state index in [0.717, 1.165) is 14.5 Å². The third-order valence-electron chi connectivity index (χ3n) is 0.982. The van der Waals surface area contributed by atoms with Gasteiger partial charge in [-0.1, -0.05) is 27.4 Å². The Hall–Kier alpha value is 0.170. The Labute approximate surface area is 40.4 Å². The molecule has 0 aromatic rings. The summed E-state index contributed by atoms with van der Waals surface area (Å²) in [7, 11) is 1.11. The number of hydrogen-bond acceptors (Lipinski definition) is 0. The van der Waals surface area contributed by atoms with Crippen molar-refractivity contribution in [3.8, 4) is 0 Å². The van der Waals surface area contributed by atoms with Gasteiger partial charge in [0.1, 0.15) is 0 Å². The molecule has 1 aliphatic heterocycles. The average Bonchev–Trinajstić information content (AvgIpc) is 1.86. The number of hydrogen-bond donors (Lipinski definition) is 0. The minimum Gasteiger partial charge on any atom is -0.0982 e. The van der Waals surface area contributed by atoms with E-state index >= 15 is 0 Å². The molecule has 0 saturated heterocycles. The largest absolute Gasteiger partial charge is 0.0982 e. The van der Waals surface area contributed by atoms with Crippen molar-refractivity contribution in [2.24, 2.45) is 5.92 Å². The lowest BCUT2D eigenvalue weighted by molar-refractivity contribution is 0.859. The Morgan fingerprint density at radius 2 is 2.67 bits per heavy atom. The lowest BCUT2D eigenvalue weighted by atomic mass is 10.2. The first-order chi connectivity index (χ1) is 2.89. The van der Waals surface area contributed by atoms with Gasteiger partial charge in [0.15, 0.2) is 0 Å². The molecule has 6 heavy (non-hydrogen) atoms. The van der Waals surface area contributed by atoms with E-state index in [2.05, 4.69) is 18.8 Å². The van der Waals surface area contributed by atoms with E-state index in [4.69, 9.17) is 0 Å². The maximum atomic E-state index is 2.29. The quantitative estimate of drug-likeness (QED) is 0.407. The maximum absolute atomic E-state index is 2.29. The second kappa shape index (κ2) is 1.75. The molecule has 0 saturated carbocycles. The topological polar surface area (TPSA) is 0 Å². The van der Waals surface area contributed by atoms with Crippen molar-refractivity contribution in [1.29, 1.82) is 0 Å². The summed E-state index contributed by atoms with van der Waals surface area (Å²) in [4.78, 5) is 0. The van der Waals surface area contributed by atoms with Crippen LogP contribution in [0.25, 0.3) is 0 Å². The van der Waals surface area contributed by atoms with Crippen molar-refractivity contribution in [1.82, 2.24) is 0 Å². The smallest absolute Gasteiger partial charge is 0.0219 e. The van der Waals surface area contributed by atoms with E-state index in [-0.39, 0.29) is 0 Å². The van der Waals surface area contributed by atoms with Crippen LogP contribution in [0.15, 0.2) is 11.9 Å². The van der Waals surface area contributed by atoms with E-state index < -0.39 is 0 Å². The van der Waals surface area contributed by atoms with Crippen molar-refractivity contribution >= 4 is 8.58 Å². The minimum atomic E-state index is 0.878. The second-order valence-electron chi connectivity index (χ2n) is 1.74. The molecule has 0 N–H and O–H groups in total. The van der Waals surface area contributed by atoms with E-state index in [0.29, 0.717) is 0 Å². The molecular formula is C5H9P. The molecule has 0 aromatic heterocycles. The lowest BCUT2D eigenvalue weighted by Crippen LogP contribution is -1.82. The first-order valence-corrected chi connectivity index (χ1v) is 3.58. The highest BCUT2D eigenvalue weighted by Crippen LogP contribution is 2.24. The fourth-order valence-corrected chi connectivity index (χ4v) is 1.66. The normalized spacial score (nSPS) is 35.8. The molecule has 1 aliphatic rings. The van der Waals surface area contributed by atoms with Crippen molar-refractivity contribution in [3.05, 3.63) is 11.9 Å². The molecule has 0 aromatic carbocycles. The summed E-state index contributed by atoms with van der Waals surface area (Å²) < 4.78 is 0. The van der Waals surface area contributed by atoms with E-state index in [1.165, 1.54) is 6.16 Å². The predicted molar refractivity (Wildman–Crippen MR) is 31.5 cm³/mol. The van der Waals surface area contributed by atoms with Crippen LogP contribution < -0.4 is 0 Å². The average molecular weight is 100 g/mol. The summed E-state index contributed by atoms with van der Waals surface area (Å²) in [6, 6.07) is 0. The van der Waals surface area contributed by atoms with Crippen molar-refractivity contribution in [2.75, 3.05) is 6.16 Å². The Balaban J connectivity index is 2.38. The highest BCUT2D eigenvalue weighted by molar-refractivity contribution is 7.42. The molecule has 1 heterocycles.